The number of hydrogen-bond donors (Lipinski definition) is 2. The Hall–Kier alpha value is -1.10. The van der Waals surface area contributed by atoms with Crippen molar-refractivity contribution in [3.8, 4) is 0 Å². The van der Waals surface area contributed by atoms with Gasteiger partial charge in [0.05, 0.1) is 6.54 Å². The van der Waals surface area contributed by atoms with Crippen LogP contribution in [-0.2, 0) is 9.59 Å². The summed E-state index contributed by atoms with van der Waals surface area (Å²) in [5.41, 5.74) is 0. The number of hydrogen-bond acceptors (Lipinski definition) is 3. The molecule has 2 amide bonds. The molecular formula is C11H23N3O2. The fraction of sp³-hybridized carbons (Fsp3) is 0.818. The fourth-order valence-electron chi connectivity index (χ4n) is 1.06. The van der Waals surface area contributed by atoms with Crippen molar-refractivity contribution in [3.63, 3.8) is 0 Å². The van der Waals surface area contributed by atoms with Gasteiger partial charge in [0.15, 0.2) is 0 Å². The third-order valence-electron chi connectivity index (χ3n) is 2.59. The maximum Gasteiger partial charge on any atom is 0.236 e. The number of nitrogens with zero attached hydrogens (tertiary/aromatic N) is 1. The summed E-state index contributed by atoms with van der Waals surface area (Å²) in [5.74, 6) is -0.0289. The van der Waals surface area contributed by atoms with E-state index in [1.165, 1.54) is 0 Å². The van der Waals surface area contributed by atoms with Crippen LogP contribution in [0, 0.1) is 0 Å². The van der Waals surface area contributed by atoms with Gasteiger partial charge in [0.1, 0.15) is 0 Å². The Balaban J connectivity index is 3.77. The average Bonchev–Trinajstić information content (AvgIpc) is 2.31. The topological polar surface area (TPSA) is 61.4 Å². The minimum atomic E-state index is -0.0467. The van der Waals surface area contributed by atoms with Crippen molar-refractivity contribution in [2.75, 3.05) is 27.2 Å². The maximum absolute atomic E-state index is 11.6. The van der Waals surface area contributed by atoms with E-state index in [4.69, 9.17) is 0 Å². The fourth-order valence-corrected chi connectivity index (χ4v) is 1.06. The zero-order chi connectivity index (χ0) is 12.6. The van der Waals surface area contributed by atoms with Gasteiger partial charge in [0, 0.05) is 33.1 Å². The number of carbonyl (C=O) groups is 2. The molecule has 0 aliphatic rings. The van der Waals surface area contributed by atoms with Gasteiger partial charge in [-0.05, 0) is 13.3 Å². The molecule has 0 rings (SSSR count). The van der Waals surface area contributed by atoms with Crippen LogP contribution in [0.3, 0.4) is 0 Å². The van der Waals surface area contributed by atoms with E-state index in [9.17, 15) is 9.59 Å². The van der Waals surface area contributed by atoms with Crippen LogP contribution in [-0.4, -0.2) is 49.9 Å². The summed E-state index contributed by atoms with van der Waals surface area (Å²) in [4.78, 5) is 24.2. The molecule has 0 radical (unpaired) electrons. The summed E-state index contributed by atoms with van der Waals surface area (Å²) in [7, 11) is 3.30. The van der Waals surface area contributed by atoms with E-state index in [0.29, 0.717) is 25.6 Å². The molecule has 0 spiro atoms. The smallest absolute Gasteiger partial charge is 0.236 e. The van der Waals surface area contributed by atoms with Gasteiger partial charge in [0.25, 0.3) is 0 Å². The van der Waals surface area contributed by atoms with Crippen molar-refractivity contribution in [2.24, 2.45) is 0 Å². The van der Waals surface area contributed by atoms with Crippen molar-refractivity contribution in [3.05, 3.63) is 0 Å². The van der Waals surface area contributed by atoms with Crippen molar-refractivity contribution in [1.29, 1.82) is 0 Å². The Bertz CT molecular complexity index is 231. The normalized spacial score (nSPS) is 12.0. The first-order chi connectivity index (χ1) is 7.51. The molecule has 0 fully saturated rings. The second kappa shape index (κ2) is 8.10. The Morgan fingerprint density at radius 2 is 2.00 bits per heavy atom. The van der Waals surface area contributed by atoms with E-state index < -0.39 is 0 Å². The summed E-state index contributed by atoms with van der Waals surface area (Å²) >= 11 is 0. The molecule has 94 valence electrons. The second-order valence-corrected chi connectivity index (χ2v) is 3.93. The van der Waals surface area contributed by atoms with Gasteiger partial charge < -0.3 is 15.5 Å². The Morgan fingerprint density at radius 1 is 1.38 bits per heavy atom. The quantitative estimate of drug-likeness (QED) is 0.644. The van der Waals surface area contributed by atoms with Crippen molar-refractivity contribution in [1.82, 2.24) is 15.5 Å². The van der Waals surface area contributed by atoms with E-state index in [-0.39, 0.29) is 11.8 Å². The third kappa shape index (κ3) is 6.40. The zero-order valence-electron chi connectivity index (χ0n) is 10.7. The Kier molecular flexibility index (Phi) is 7.54. The first kappa shape index (κ1) is 14.9. The zero-order valence-corrected chi connectivity index (χ0v) is 10.7. The highest BCUT2D eigenvalue weighted by Gasteiger charge is 2.10. The first-order valence-corrected chi connectivity index (χ1v) is 5.69. The lowest BCUT2D eigenvalue weighted by molar-refractivity contribution is -0.129. The number of likely N-dealkylation sites (N-methyl/N-ethyl adjacent to an activating group) is 1. The summed E-state index contributed by atoms with van der Waals surface area (Å²) in [6.07, 6.45) is 1.34. The van der Waals surface area contributed by atoms with Gasteiger partial charge in [-0.2, -0.15) is 0 Å². The van der Waals surface area contributed by atoms with Gasteiger partial charge in [0.2, 0.25) is 11.8 Å². The minimum Gasteiger partial charge on any atom is -0.359 e. The highest BCUT2D eigenvalue weighted by atomic mass is 16.2. The lowest BCUT2D eigenvalue weighted by atomic mass is 10.2. The summed E-state index contributed by atoms with van der Waals surface area (Å²) in [5, 5.41) is 5.65. The Labute approximate surface area is 97.6 Å². The van der Waals surface area contributed by atoms with Gasteiger partial charge in [-0.3, -0.25) is 9.59 Å². The van der Waals surface area contributed by atoms with Crippen LogP contribution in [0.15, 0.2) is 0 Å². The number of carbonyl (C=O) groups excluding carboxylic acids is 2. The molecule has 0 aliphatic heterocycles. The molecule has 0 aliphatic carbocycles. The van der Waals surface area contributed by atoms with Crippen LogP contribution < -0.4 is 10.6 Å². The Morgan fingerprint density at radius 3 is 2.50 bits per heavy atom. The molecule has 1 unspecified atom stereocenters. The number of nitrogens with one attached hydrogen (secondary N) is 2. The van der Waals surface area contributed by atoms with E-state index in [1.54, 1.807) is 19.0 Å². The van der Waals surface area contributed by atoms with Crippen LogP contribution in [0.4, 0.5) is 0 Å². The number of rotatable bonds is 7. The molecule has 5 heteroatoms. The number of amides is 2. The maximum atomic E-state index is 11.6. The van der Waals surface area contributed by atoms with Crippen LogP contribution in [0.5, 0.6) is 0 Å². The molecule has 0 heterocycles. The molecule has 16 heavy (non-hydrogen) atoms. The predicted octanol–water partition coefficient (Wildman–Crippen LogP) is -0.0310. The van der Waals surface area contributed by atoms with E-state index in [0.717, 1.165) is 6.42 Å². The molecule has 5 nitrogen and oxygen atoms in total. The van der Waals surface area contributed by atoms with E-state index >= 15 is 0 Å². The highest BCUT2D eigenvalue weighted by Crippen LogP contribution is 1.91. The highest BCUT2D eigenvalue weighted by molar-refractivity contribution is 5.79. The van der Waals surface area contributed by atoms with Crippen molar-refractivity contribution in [2.45, 2.75) is 32.7 Å². The summed E-state index contributed by atoms with van der Waals surface area (Å²) < 4.78 is 0. The summed E-state index contributed by atoms with van der Waals surface area (Å²) in [6, 6.07) is 0.344. The summed E-state index contributed by atoms with van der Waals surface area (Å²) in [6.45, 7) is 4.90. The second-order valence-electron chi connectivity index (χ2n) is 3.93. The molecule has 2 N–H and O–H groups in total. The monoisotopic (exact) mass is 229 g/mol. The van der Waals surface area contributed by atoms with Crippen molar-refractivity contribution < 1.29 is 9.59 Å². The SMILES string of the molecule is CCC(C)NCC(=O)N(C)CCC(=O)NC. The molecule has 0 saturated carbocycles. The molecule has 0 aromatic carbocycles. The predicted molar refractivity (Wildman–Crippen MR) is 64.1 cm³/mol. The van der Waals surface area contributed by atoms with Crippen LogP contribution in [0.1, 0.15) is 26.7 Å². The van der Waals surface area contributed by atoms with E-state index in [2.05, 4.69) is 17.6 Å². The van der Waals surface area contributed by atoms with Crippen molar-refractivity contribution >= 4 is 11.8 Å². The molecule has 0 bridgehead atoms. The van der Waals surface area contributed by atoms with Crippen LogP contribution in [0.25, 0.3) is 0 Å². The molecule has 1 atom stereocenters. The molecule has 0 aromatic heterocycles. The minimum absolute atomic E-state index is 0.0178. The molecular weight excluding hydrogens is 206 g/mol. The van der Waals surface area contributed by atoms with Gasteiger partial charge >= 0.3 is 0 Å². The first-order valence-electron chi connectivity index (χ1n) is 5.69. The van der Waals surface area contributed by atoms with Gasteiger partial charge in [-0.1, -0.05) is 6.92 Å². The van der Waals surface area contributed by atoms with Crippen LogP contribution in [0.2, 0.25) is 0 Å². The standard InChI is InChI=1S/C11H23N3O2/c1-5-9(2)13-8-11(16)14(4)7-6-10(15)12-3/h9,13H,5-8H2,1-4H3,(H,12,15). The van der Waals surface area contributed by atoms with E-state index in [1.807, 2.05) is 6.92 Å². The third-order valence-corrected chi connectivity index (χ3v) is 2.59. The van der Waals surface area contributed by atoms with Gasteiger partial charge in [-0.15, -0.1) is 0 Å². The van der Waals surface area contributed by atoms with Crippen LogP contribution >= 0.6 is 0 Å². The lowest BCUT2D eigenvalue weighted by Crippen LogP contribution is -2.40. The average molecular weight is 229 g/mol. The van der Waals surface area contributed by atoms with Gasteiger partial charge in [-0.25, -0.2) is 0 Å². The lowest BCUT2D eigenvalue weighted by Gasteiger charge is -2.18. The molecule has 0 aromatic rings. The largest absolute Gasteiger partial charge is 0.359 e. The molecule has 0 saturated heterocycles.